The van der Waals surface area contributed by atoms with Gasteiger partial charge in [-0.3, -0.25) is 4.79 Å². The highest BCUT2D eigenvalue weighted by Crippen LogP contribution is 2.30. The van der Waals surface area contributed by atoms with Gasteiger partial charge in [-0.15, -0.1) is 0 Å². The summed E-state index contributed by atoms with van der Waals surface area (Å²) in [5.74, 6) is -0.184. The van der Waals surface area contributed by atoms with Crippen molar-refractivity contribution in [2.24, 2.45) is 11.8 Å². The van der Waals surface area contributed by atoms with Crippen LogP contribution < -0.4 is 0 Å². The summed E-state index contributed by atoms with van der Waals surface area (Å²) in [7, 11) is 0. The number of carbonyl (C=O) groups excluding carboxylic acids is 1. The molecule has 1 rings (SSSR count). The Bertz CT molecular complexity index is 297. The Morgan fingerprint density at radius 1 is 1.24 bits per heavy atom. The van der Waals surface area contributed by atoms with Gasteiger partial charge in [0.25, 0.3) is 0 Å². The monoisotopic (exact) mass is 241 g/mol. The van der Waals surface area contributed by atoms with E-state index in [9.17, 15) is 9.59 Å². The van der Waals surface area contributed by atoms with E-state index in [1.165, 1.54) is 0 Å². The first-order chi connectivity index (χ1) is 7.84. The first-order valence-electron chi connectivity index (χ1n) is 6.38. The Morgan fingerprint density at radius 3 is 2.12 bits per heavy atom. The predicted molar refractivity (Wildman–Crippen MR) is 65.6 cm³/mol. The van der Waals surface area contributed by atoms with Gasteiger partial charge in [-0.1, -0.05) is 20.8 Å². The smallest absolute Gasteiger partial charge is 0.326 e. The molecule has 98 valence electrons. The third-order valence-electron chi connectivity index (χ3n) is 3.64. The second-order valence-electron chi connectivity index (χ2n) is 5.47. The average molecular weight is 241 g/mol. The highest BCUT2D eigenvalue weighted by atomic mass is 16.4. The number of carbonyl (C=O) groups is 2. The van der Waals surface area contributed by atoms with E-state index in [0.717, 1.165) is 12.8 Å². The van der Waals surface area contributed by atoms with Crippen molar-refractivity contribution >= 4 is 11.9 Å². The van der Waals surface area contributed by atoms with Crippen molar-refractivity contribution in [2.45, 2.75) is 59.0 Å². The number of hydrogen-bond acceptors (Lipinski definition) is 2. The minimum absolute atomic E-state index is 0.0106. The van der Waals surface area contributed by atoms with Gasteiger partial charge in [-0.05, 0) is 31.6 Å². The summed E-state index contributed by atoms with van der Waals surface area (Å²) in [6.07, 6.45) is 2.34. The van der Waals surface area contributed by atoms with E-state index >= 15 is 0 Å². The second-order valence-corrected chi connectivity index (χ2v) is 5.47. The zero-order valence-corrected chi connectivity index (χ0v) is 11.1. The van der Waals surface area contributed by atoms with Gasteiger partial charge in [0, 0.05) is 12.5 Å². The summed E-state index contributed by atoms with van der Waals surface area (Å²) in [5.41, 5.74) is 0. The lowest BCUT2D eigenvalue weighted by molar-refractivity contribution is -0.150. The highest BCUT2D eigenvalue weighted by Gasteiger charge is 2.38. The van der Waals surface area contributed by atoms with Gasteiger partial charge in [-0.25, -0.2) is 4.79 Å². The molecule has 1 saturated carbocycles. The van der Waals surface area contributed by atoms with E-state index in [1.807, 2.05) is 6.92 Å². The number of hydrogen-bond donors (Lipinski definition) is 1. The molecule has 2 unspecified atom stereocenters. The number of carboxylic acids is 1. The molecule has 0 aliphatic heterocycles. The van der Waals surface area contributed by atoms with Crippen LogP contribution in [0.15, 0.2) is 0 Å². The van der Waals surface area contributed by atoms with Crippen LogP contribution in [0.3, 0.4) is 0 Å². The van der Waals surface area contributed by atoms with E-state index < -0.39 is 12.0 Å². The average Bonchev–Trinajstić information content (AvgIpc) is 3.01. The predicted octanol–water partition coefficient (Wildman–Crippen LogP) is 2.13. The van der Waals surface area contributed by atoms with Crippen molar-refractivity contribution in [3.8, 4) is 0 Å². The van der Waals surface area contributed by atoms with E-state index in [4.69, 9.17) is 5.11 Å². The van der Waals surface area contributed by atoms with Crippen LogP contribution in [0.25, 0.3) is 0 Å². The first kappa shape index (κ1) is 14.0. The van der Waals surface area contributed by atoms with Gasteiger partial charge in [0.05, 0.1) is 0 Å². The normalized spacial score (nSPS) is 18.9. The molecule has 0 aromatic carbocycles. The second kappa shape index (κ2) is 5.52. The van der Waals surface area contributed by atoms with Crippen LogP contribution in [0.5, 0.6) is 0 Å². The molecule has 4 heteroatoms. The molecule has 1 amide bonds. The number of amides is 1. The maximum absolute atomic E-state index is 12.1. The molecular formula is C13H23NO3. The minimum atomic E-state index is -0.914. The van der Waals surface area contributed by atoms with Crippen LogP contribution in [-0.4, -0.2) is 34.0 Å². The molecule has 4 nitrogen and oxygen atoms in total. The van der Waals surface area contributed by atoms with Gasteiger partial charge in [0.1, 0.15) is 6.04 Å². The van der Waals surface area contributed by atoms with Crippen molar-refractivity contribution in [1.29, 1.82) is 0 Å². The number of aliphatic carboxylic acids is 1. The van der Waals surface area contributed by atoms with Gasteiger partial charge in [-0.2, -0.15) is 0 Å². The van der Waals surface area contributed by atoms with Crippen molar-refractivity contribution in [3.05, 3.63) is 0 Å². The van der Waals surface area contributed by atoms with E-state index in [2.05, 4.69) is 13.8 Å². The molecule has 0 aromatic heterocycles. The van der Waals surface area contributed by atoms with E-state index in [1.54, 1.807) is 11.8 Å². The van der Waals surface area contributed by atoms with Crippen LogP contribution in [0, 0.1) is 11.8 Å². The van der Waals surface area contributed by atoms with Crippen molar-refractivity contribution in [1.82, 2.24) is 4.90 Å². The molecule has 0 heterocycles. The standard InChI is InChI=1S/C13H23NO3/c1-8(2)9(3)7-12(15)14(11-5-6-11)10(4)13(16)17/h8-11H,5-7H2,1-4H3,(H,16,17). The summed E-state index contributed by atoms with van der Waals surface area (Å²) in [5, 5.41) is 9.03. The van der Waals surface area contributed by atoms with Crippen LogP contribution in [0.4, 0.5) is 0 Å². The fourth-order valence-electron chi connectivity index (χ4n) is 1.82. The van der Waals surface area contributed by atoms with E-state index in [-0.39, 0.29) is 11.9 Å². The molecule has 2 atom stereocenters. The maximum Gasteiger partial charge on any atom is 0.326 e. The molecular weight excluding hydrogens is 218 g/mol. The SMILES string of the molecule is CC(C)C(C)CC(=O)N(C1CC1)C(C)C(=O)O. The van der Waals surface area contributed by atoms with Gasteiger partial charge in [0.2, 0.25) is 5.91 Å². The largest absolute Gasteiger partial charge is 0.480 e. The fraction of sp³-hybridized carbons (Fsp3) is 0.846. The Labute approximate surface area is 103 Å². The Morgan fingerprint density at radius 2 is 1.76 bits per heavy atom. The first-order valence-corrected chi connectivity index (χ1v) is 6.38. The topological polar surface area (TPSA) is 57.6 Å². The summed E-state index contributed by atoms with van der Waals surface area (Å²) in [6, 6.07) is -0.540. The fourth-order valence-corrected chi connectivity index (χ4v) is 1.82. The van der Waals surface area contributed by atoms with Gasteiger partial charge < -0.3 is 10.0 Å². The van der Waals surface area contributed by atoms with Gasteiger partial charge in [0.15, 0.2) is 0 Å². The van der Waals surface area contributed by atoms with Crippen LogP contribution in [-0.2, 0) is 9.59 Å². The molecule has 1 aliphatic carbocycles. The summed E-state index contributed by atoms with van der Waals surface area (Å²) < 4.78 is 0. The Kier molecular flexibility index (Phi) is 4.54. The zero-order valence-electron chi connectivity index (χ0n) is 11.1. The zero-order chi connectivity index (χ0) is 13.2. The van der Waals surface area contributed by atoms with E-state index in [0.29, 0.717) is 18.3 Å². The molecule has 0 aromatic rings. The molecule has 1 aliphatic rings. The lowest BCUT2D eigenvalue weighted by Crippen LogP contribution is -2.45. The molecule has 0 saturated heterocycles. The number of rotatable bonds is 6. The molecule has 0 bridgehead atoms. The summed E-state index contributed by atoms with van der Waals surface area (Å²) in [6.45, 7) is 7.80. The summed E-state index contributed by atoms with van der Waals surface area (Å²) >= 11 is 0. The lowest BCUT2D eigenvalue weighted by Gasteiger charge is -2.28. The number of nitrogens with zero attached hydrogens (tertiary/aromatic N) is 1. The maximum atomic E-state index is 12.1. The van der Waals surface area contributed by atoms with Gasteiger partial charge >= 0.3 is 5.97 Å². The van der Waals surface area contributed by atoms with Crippen LogP contribution >= 0.6 is 0 Å². The molecule has 0 spiro atoms. The third-order valence-corrected chi connectivity index (χ3v) is 3.64. The third kappa shape index (κ3) is 3.72. The Hall–Kier alpha value is -1.06. The Balaban J connectivity index is 2.64. The van der Waals surface area contributed by atoms with Crippen molar-refractivity contribution < 1.29 is 14.7 Å². The quantitative estimate of drug-likeness (QED) is 0.775. The van der Waals surface area contributed by atoms with Crippen molar-refractivity contribution in [2.75, 3.05) is 0 Å². The minimum Gasteiger partial charge on any atom is -0.480 e. The summed E-state index contributed by atoms with van der Waals surface area (Å²) in [4.78, 5) is 24.7. The van der Waals surface area contributed by atoms with Crippen LogP contribution in [0.1, 0.15) is 47.0 Å². The number of carboxylic acid groups (broad SMARTS) is 1. The molecule has 0 radical (unpaired) electrons. The highest BCUT2D eigenvalue weighted by molar-refractivity contribution is 5.84. The van der Waals surface area contributed by atoms with Crippen LogP contribution in [0.2, 0.25) is 0 Å². The lowest BCUT2D eigenvalue weighted by atomic mass is 9.94. The molecule has 1 fully saturated rings. The molecule has 17 heavy (non-hydrogen) atoms. The van der Waals surface area contributed by atoms with Crippen molar-refractivity contribution in [3.63, 3.8) is 0 Å². The molecule has 1 N–H and O–H groups in total.